The number of hydrogen-bond donors (Lipinski definition) is 1. The van der Waals surface area contributed by atoms with Gasteiger partial charge in [0.1, 0.15) is 0 Å². The van der Waals surface area contributed by atoms with E-state index in [0.717, 1.165) is 22.0 Å². The third-order valence-electron chi connectivity index (χ3n) is 2.93. The molecule has 1 aromatic carbocycles. The molecule has 102 valence electrons. The summed E-state index contributed by atoms with van der Waals surface area (Å²) in [5, 5.41) is 1.11. The van der Waals surface area contributed by atoms with Crippen LogP contribution in [0.25, 0.3) is 0 Å². The van der Waals surface area contributed by atoms with Gasteiger partial charge in [0.25, 0.3) is 0 Å². The van der Waals surface area contributed by atoms with Crippen molar-refractivity contribution in [2.75, 3.05) is 7.11 Å². The molecule has 4 heteroatoms. The number of methoxy groups -OCH3 is 1. The van der Waals surface area contributed by atoms with E-state index >= 15 is 0 Å². The Morgan fingerprint density at radius 1 is 1.21 bits per heavy atom. The van der Waals surface area contributed by atoms with Crippen LogP contribution < -0.4 is 5.73 Å². The Morgan fingerprint density at radius 3 is 2.47 bits per heavy atom. The van der Waals surface area contributed by atoms with Gasteiger partial charge in [0, 0.05) is 25.0 Å². The zero-order valence-corrected chi connectivity index (χ0v) is 12.5. The molecule has 2 aromatic rings. The fourth-order valence-corrected chi connectivity index (χ4v) is 3.25. The van der Waals surface area contributed by atoms with Crippen LogP contribution in [-0.2, 0) is 24.3 Å². The molecular formula is C15H20N2OS. The van der Waals surface area contributed by atoms with Crippen molar-refractivity contribution in [2.24, 2.45) is 5.73 Å². The van der Waals surface area contributed by atoms with Gasteiger partial charge in [0.2, 0.25) is 0 Å². The van der Waals surface area contributed by atoms with E-state index in [9.17, 15) is 0 Å². The first-order valence-corrected chi connectivity index (χ1v) is 7.17. The van der Waals surface area contributed by atoms with E-state index in [1.807, 2.05) is 0 Å². The molecule has 0 saturated heterocycles. The quantitative estimate of drug-likeness (QED) is 0.913. The Hall–Kier alpha value is -1.23. The summed E-state index contributed by atoms with van der Waals surface area (Å²) in [6, 6.07) is 6.62. The summed E-state index contributed by atoms with van der Waals surface area (Å²) in [7, 11) is 1.68. The van der Waals surface area contributed by atoms with Gasteiger partial charge in [-0.25, -0.2) is 4.98 Å². The Bertz CT molecular complexity index is 543. The molecular weight excluding hydrogens is 256 g/mol. The van der Waals surface area contributed by atoms with Gasteiger partial charge in [-0.3, -0.25) is 0 Å². The van der Waals surface area contributed by atoms with Gasteiger partial charge in [0.05, 0.1) is 17.3 Å². The van der Waals surface area contributed by atoms with E-state index in [-0.39, 0.29) is 0 Å². The first kappa shape index (κ1) is 14.2. The molecule has 0 atom stereocenters. The van der Waals surface area contributed by atoms with Crippen LogP contribution in [0.2, 0.25) is 0 Å². The summed E-state index contributed by atoms with van der Waals surface area (Å²) in [5.74, 6) is 0. The van der Waals surface area contributed by atoms with Crippen molar-refractivity contribution < 1.29 is 4.74 Å². The van der Waals surface area contributed by atoms with E-state index < -0.39 is 0 Å². The molecule has 0 aliphatic heterocycles. The molecule has 2 rings (SSSR count). The molecule has 0 aliphatic rings. The molecule has 0 unspecified atom stereocenters. The van der Waals surface area contributed by atoms with Gasteiger partial charge in [-0.05, 0) is 19.4 Å². The monoisotopic (exact) mass is 276 g/mol. The van der Waals surface area contributed by atoms with E-state index in [2.05, 4.69) is 37.0 Å². The number of thiazole rings is 1. The maximum Gasteiger partial charge on any atom is 0.0976 e. The predicted molar refractivity (Wildman–Crippen MR) is 79.4 cm³/mol. The topological polar surface area (TPSA) is 48.1 Å². The Morgan fingerprint density at radius 2 is 1.89 bits per heavy atom. The molecule has 0 amide bonds. The Balaban J connectivity index is 2.22. The third kappa shape index (κ3) is 3.62. The van der Waals surface area contributed by atoms with Gasteiger partial charge < -0.3 is 10.5 Å². The summed E-state index contributed by atoms with van der Waals surface area (Å²) in [4.78, 5) is 5.77. The first-order valence-electron chi connectivity index (χ1n) is 6.36. The number of aromatic nitrogens is 1. The van der Waals surface area contributed by atoms with Crippen LogP contribution in [0.15, 0.2) is 18.2 Å². The molecule has 0 radical (unpaired) electrons. The van der Waals surface area contributed by atoms with Crippen molar-refractivity contribution in [3.8, 4) is 0 Å². The molecule has 19 heavy (non-hydrogen) atoms. The van der Waals surface area contributed by atoms with Crippen molar-refractivity contribution in [3.05, 3.63) is 50.5 Å². The summed E-state index contributed by atoms with van der Waals surface area (Å²) >= 11 is 1.69. The average molecular weight is 276 g/mol. The van der Waals surface area contributed by atoms with Crippen LogP contribution in [0.4, 0.5) is 0 Å². The molecule has 0 aliphatic carbocycles. The number of ether oxygens (including phenoxy) is 1. The second kappa shape index (κ2) is 6.28. The predicted octanol–water partition coefficient (Wildman–Crippen LogP) is 2.96. The van der Waals surface area contributed by atoms with Crippen molar-refractivity contribution in [1.29, 1.82) is 0 Å². The lowest BCUT2D eigenvalue weighted by atomic mass is 10.1. The number of benzene rings is 1. The number of hydrogen-bond acceptors (Lipinski definition) is 4. The molecule has 0 saturated carbocycles. The van der Waals surface area contributed by atoms with Crippen molar-refractivity contribution in [3.63, 3.8) is 0 Å². The zero-order chi connectivity index (χ0) is 13.8. The summed E-state index contributed by atoms with van der Waals surface area (Å²) < 4.78 is 5.16. The fraction of sp³-hybridized carbons (Fsp3) is 0.400. The molecule has 1 heterocycles. The zero-order valence-electron chi connectivity index (χ0n) is 11.7. The molecule has 2 N–H and O–H groups in total. The minimum absolute atomic E-state index is 0.531. The smallest absolute Gasteiger partial charge is 0.0976 e. The van der Waals surface area contributed by atoms with Gasteiger partial charge in [-0.1, -0.05) is 29.3 Å². The van der Waals surface area contributed by atoms with Gasteiger partial charge >= 0.3 is 0 Å². The van der Waals surface area contributed by atoms with Crippen LogP contribution >= 0.6 is 11.3 Å². The molecule has 0 spiro atoms. The molecule has 0 bridgehead atoms. The lowest BCUT2D eigenvalue weighted by Crippen LogP contribution is -1.99. The fourth-order valence-electron chi connectivity index (χ4n) is 2.27. The van der Waals surface area contributed by atoms with E-state index in [0.29, 0.717) is 13.2 Å². The third-order valence-corrected chi connectivity index (χ3v) is 4.05. The number of rotatable bonds is 5. The van der Waals surface area contributed by atoms with Crippen molar-refractivity contribution in [1.82, 2.24) is 4.98 Å². The normalized spacial score (nSPS) is 10.9. The van der Waals surface area contributed by atoms with Gasteiger partial charge in [-0.15, -0.1) is 11.3 Å². The maximum atomic E-state index is 5.75. The minimum Gasteiger partial charge on any atom is -0.378 e. The maximum absolute atomic E-state index is 5.75. The van der Waals surface area contributed by atoms with Crippen molar-refractivity contribution >= 4 is 11.3 Å². The largest absolute Gasteiger partial charge is 0.378 e. The van der Waals surface area contributed by atoms with E-state index in [1.54, 1.807) is 18.4 Å². The highest BCUT2D eigenvalue weighted by Gasteiger charge is 2.10. The van der Waals surface area contributed by atoms with Crippen LogP contribution in [0.3, 0.4) is 0 Å². The van der Waals surface area contributed by atoms with Crippen LogP contribution in [0, 0.1) is 13.8 Å². The lowest BCUT2D eigenvalue weighted by Gasteiger charge is -2.02. The van der Waals surface area contributed by atoms with Crippen LogP contribution in [0.1, 0.15) is 32.3 Å². The SMILES string of the molecule is COCc1nc(Cc2cc(C)cc(C)c2)sc1CN. The Labute approximate surface area is 118 Å². The minimum atomic E-state index is 0.531. The van der Waals surface area contributed by atoms with Gasteiger partial charge in [0.15, 0.2) is 0 Å². The molecule has 3 nitrogen and oxygen atoms in total. The number of aryl methyl sites for hydroxylation is 2. The summed E-state index contributed by atoms with van der Waals surface area (Å²) in [6.07, 6.45) is 0.865. The van der Waals surface area contributed by atoms with E-state index in [1.165, 1.54) is 16.7 Å². The summed E-state index contributed by atoms with van der Waals surface area (Å²) in [6.45, 7) is 5.32. The second-order valence-corrected chi connectivity index (χ2v) is 5.96. The second-order valence-electron chi connectivity index (χ2n) is 4.79. The average Bonchev–Trinajstić information content (AvgIpc) is 2.70. The standard InChI is InChI=1S/C15H20N2OS/c1-10-4-11(2)6-12(5-10)7-15-17-13(9-18-3)14(8-16)19-15/h4-6H,7-9,16H2,1-3H3. The van der Waals surface area contributed by atoms with E-state index in [4.69, 9.17) is 10.5 Å². The summed E-state index contributed by atoms with van der Waals surface area (Å²) in [5.41, 5.74) is 10.6. The van der Waals surface area contributed by atoms with Crippen LogP contribution in [-0.4, -0.2) is 12.1 Å². The number of nitrogens with zero attached hydrogens (tertiary/aromatic N) is 1. The highest BCUT2D eigenvalue weighted by Crippen LogP contribution is 2.22. The molecule has 0 fully saturated rings. The first-order chi connectivity index (χ1) is 9.12. The lowest BCUT2D eigenvalue weighted by molar-refractivity contribution is 0.181. The number of nitrogens with two attached hydrogens (primary N) is 1. The molecule has 1 aromatic heterocycles. The highest BCUT2D eigenvalue weighted by atomic mass is 32.1. The van der Waals surface area contributed by atoms with Crippen LogP contribution in [0.5, 0.6) is 0 Å². The van der Waals surface area contributed by atoms with Gasteiger partial charge in [-0.2, -0.15) is 0 Å². The Kier molecular flexibility index (Phi) is 4.69. The highest BCUT2D eigenvalue weighted by molar-refractivity contribution is 7.11. The van der Waals surface area contributed by atoms with Crippen molar-refractivity contribution in [2.45, 2.75) is 33.4 Å².